The van der Waals surface area contributed by atoms with E-state index in [1.807, 2.05) is 116 Å². The molecule has 9 rings (SSSR count). The van der Waals surface area contributed by atoms with E-state index in [0.717, 1.165) is 103 Å². The van der Waals surface area contributed by atoms with Crippen LogP contribution in [0.5, 0.6) is 0 Å². The number of nitrogens with zero attached hydrogens (tertiary/aromatic N) is 2. The monoisotopic (exact) mass is 1890 g/mol. The number of aldehydes is 1. The zero-order valence-electron chi connectivity index (χ0n) is 76.5. The zero-order valence-corrected chi connectivity index (χ0v) is 80.6. The number of hydrogen-bond acceptors (Lipinski definition) is 16. The molecule has 18 nitrogen and oxygen atoms in total. The summed E-state index contributed by atoms with van der Waals surface area (Å²) < 4.78 is 41.3. The Bertz CT molecular complexity index is 4520. The van der Waals surface area contributed by atoms with Crippen molar-refractivity contribution in [3.63, 3.8) is 0 Å². The zero-order chi connectivity index (χ0) is 90.6. The standard InChI is InChI=1S/C23H26N2O.C16H24O2.C16H22O2.C14H20O2.C12H16O.C9H8N2.C8H17O5P.CH4O.BH.U.H2/c1-4-23(2,3)19-12-9-17(10-13-19)11-14-22(26)25-20-15-18-7-5-6-8-21(18)24-16-20;2*1-5-16(3,4)14-10-7-13(8-11-14)9-12-15(17)18-6-2;1-4-14(2,3)12-8-5-11(6-9-12)7-10-13(15)16;1-4-12(2,3)11-7-5-10(9-13)6-8-11;10-8-5-7-3-1-2-4-9(7)11-6-8;1-4-11-8(9)7-14(10,12-5-2)13-6-3;1-2;;;/h5-10,12-13,15-16H,4,11,14H2,1-3H3,(H,25,26);7-8,10-11H,5-6,9,12H2,1-4H3;7-12H,5-6H2,1-4H3;5-6,8-9H,4,7,10H2,1-3H3,(H,15,16);5-9H,4H2,1-3H3;1-6H,10H2;4-7H2,1-3H3;2H,1H3;1H;;1H/i;;;;;;;;1T;;. The fraction of sp³-hybridized carbons (Fsp3) is 0.434. The number of nitrogen functional groups attached to an aromatic ring is 1. The average molecular weight is 1890 g/mol. The fourth-order valence-corrected chi connectivity index (χ4v) is 12.6. The van der Waals surface area contributed by atoms with Gasteiger partial charge in [-0.1, -0.05) is 262 Å². The maximum absolute atomic E-state index is 12.3. The predicted molar refractivity (Wildman–Crippen MR) is 495 cm³/mol. The first-order chi connectivity index (χ1) is 56.9. The third-order valence-corrected chi connectivity index (χ3v) is 22.8. The minimum absolute atomic E-state index is 0. The number of esters is 3. The molecule has 0 spiro atoms. The Morgan fingerprint density at radius 3 is 1.18 bits per heavy atom. The molecule has 21 heteroatoms. The van der Waals surface area contributed by atoms with Crippen molar-refractivity contribution in [2.24, 2.45) is 0 Å². The number of carbonyl (C=O) groups is 6. The molecule has 0 bridgehead atoms. The SMILES string of the molecule is CCC(C)(C)c1ccc(C=O)cc1.CCC(C)(C)c1ccc(CCC(=O)Nc2cnc3ccccc3c2)cc1.CCC(C)(C)c1ccc(CCC(=O)O)cc1.CCOC(=O)C=Cc1ccc(C(C)(C)CC)cc1.CCOC(=O)CCc1ccc(C(C)(C)CC)cc1.CCOC(=O)CP(=O)(OCC)OCC.CO.Nc1cnc2ccccc2c1.[3H][B].[HH].[U]. The third kappa shape index (κ3) is 42.1. The van der Waals surface area contributed by atoms with Gasteiger partial charge in [-0.2, -0.15) is 0 Å². The maximum Gasteiger partial charge on any atom is 0.341 e. The number of rotatable bonds is 32. The van der Waals surface area contributed by atoms with E-state index in [4.69, 9.17) is 35.8 Å². The van der Waals surface area contributed by atoms with E-state index in [0.29, 0.717) is 38.2 Å². The van der Waals surface area contributed by atoms with Crippen molar-refractivity contribution in [2.45, 2.75) is 236 Å². The second kappa shape index (κ2) is 58.2. The molecular formula is C99H140BN4O14PU. The maximum atomic E-state index is 12.3. The Labute approximate surface area is 746 Å². The van der Waals surface area contributed by atoms with Gasteiger partial charge in [0, 0.05) is 89.7 Å². The molecule has 2 aromatic heterocycles. The molecule has 0 saturated carbocycles. The summed E-state index contributed by atoms with van der Waals surface area (Å²) in [7, 11) is 1.47. The molecule has 7 aromatic carbocycles. The van der Waals surface area contributed by atoms with Gasteiger partial charge >= 0.3 is 31.5 Å². The number of carboxylic acids is 1. The number of amides is 1. The molecule has 0 saturated heterocycles. The number of carboxylic acid groups (broad SMARTS) is 1. The molecule has 652 valence electrons. The summed E-state index contributed by atoms with van der Waals surface area (Å²) in [5, 5.41) is 20.7. The Morgan fingerprint density at radius 1 is 0.467 bits per heavy atom. The van der Waals surface area contributed by atoms with Crippen LogP contribution in [0.1, 0.15) is 252 Å². The molecule has 2 radical (unpaired) electrons. The second-order valence-electron chi connectivity index (χ2n) is 31.3. The second-order valence-corrected chi connectivity index (χ2v) is 33.3. The van der Waals surface area contributed by atoms with E-state index in [9.17, 15) is 33.3 Å². The number of aromatic nitrogens is 2. The Balaban J connectivity index is 0. The van der Waals surface area contributed by atoms with Crippen LogP contribution >= 0.6 is 7.60 Å². The minimum atomic E-state index is -3.28. The molecule has 0 aliphatic rings. The summed E-state index contributed by atoms with van der Waals surface area (Å²) in [6, 6.07) is 61.3. The topological polar surface area (TPSA) is 270 Å². The minimum Gasteiger partial charge on any atom is -0.481 e. The van der Waals surface area contributed by atoms with E-state index >= 15 is 0 Å². The number of aryl methyl sites for hydroxylation is 3. The van der Waals surface area contributed by atoms with Gasteiger partial charge < -0.3 is 44.5 Å². The average Bonchev–Trinajstić information content (AvgIpc) is 0.805. The number of nitrogens with one attached hydrogen (secondary N) is 1. The number of pyridine rings is 2. The van der Waals surface area contributed by atoms with E-state index in [-0.39, 0.29) is 110 Å². The first-order valence-electron chi connectivity index (χ1n) is 41.9. The molecule has 2 heterocycles. The molecule has 0 aliphatic carbocycles. The van der Waals surface area contributed by atoms with Crippen LogP contribution in [0.15, 0.2) is 200 Å². The van der Waals surface area contributed by atoms with Crippen LogP contribution in [0.3, 0.4) is 0 Å². The van der Waals surface area contributed by atoms with Gasteiger partial charge in [0.2, 0.25) is 5.91 Å². The molecule has 120 heavy (non-hydrogen) atoms. The number of para-hydroxylation sites is 2. The van der Waals surface area contributed by atoms with Crippen molar-refractivity contribution in [1.29, 1.82) is 1.34 Å². The van der Waals surface area contributed by atoms with E-state index in [1.54, 1.807) is 46.2 Å². The summed E-state index contributed by atoms with van der Waals surface area (Å²) >= 11 is 0. The van der Waals surface area contributed by atoms with Crippen molar-refractivity contribution in [3.05, 3.63) is 256 Å². The van der Waals surface area contributed by atoms with Crippen molar-refractivity contribution in [1.82, 2.24) is 9.97 Å². The molecule has 1 amide bonds. The van der Waals surface area contributed by atoms with Gasteiger partial charge in [-0.05, 0) is 195 Å². The number of aliphatic carboxylic acids is 1. The van der Waals surface area contributed by atoms with Crippen LogP contribution in [0.25, 0.3) is 27.9 Å². The summed E-state index contributed by atoms with van der Waals surface area (Å²) in [4.78, 5) is 75.2. The molecule has 0 fully saturated rings. The first kappa shape index (κ1) is 109. The van der Waals surface area contributed by atoms with Gasteiger partial charge in [0.15, 0.2) is 0 Å². The van der Waals surface area contributed by atoms with Gasteiger partial charge in [-0.15, -0.1) is 0 Å². The van der Waals surface area contributed by atoms with Gasteiger partial charge in [-0.3, -0.25) is 38.5 Å². The van der Waals surface area contributed by atoms with Crippen LogP contribution in [0.4, 0.5) is 11.4 Å². The Hall–Kier alpha value is -8.85. The summed E-state index contributed by atoms with van der Waals surface area (Å²) in [6.07, 6.45) is 15.9. The number of benzene rings is 7. The van der Waals surface area contributed by atoms with Crippen LogP contribution < -0.4 is 11.1 Å². The van der Waals surface area contributed by atoms with Gasteiger partial charge in [0.1, 0.15) is 12.4 Å². The largest absolute Gasteiger partial charge is 0.481 e. The molecule has 5 N–H and O–H groups in total. The quantitative estimate of drug-likeness (QED) is 0.00762. The van der Waals surface area contributed by atoms with E-state index in [2.05, 4.69) is 205 Å². The van der Waals surface area contributed by atoms with Gasteiger partial charge in [0.25, 0.3) is 0 Å². The Morgan fingerprint density at radius 2 is 0.808 bits per heavy atom. The van der Waals surface area contributed by atoms with Crippen molar-refractivity contribution in [2.75, 3.05) is 57.4 Å². The van der Waals surface area contributed by atoms with Gasteiger partial charge in [-0.25, -0.2) is 4.79 Å². The smallest absolute Gasteiger partial charge is 0.341 e. The summed E-state index contributed by atoms with van der Waals surface area (Å²) in [5.74, 6) is -1.69. The summed E-state index contributed by atoms with van der Waals surface area (Å²) in [5.41, 5.74) is 21.8. The third-order valence-electron chi connectivity index (χ3n) is 20.8. The normalized spacial score (nSPS) is 11.1. The number of anilines is 2. The van der Waals surface area contributed by atoms with Crippen LogP contribution in [0.2, 0.25) is 0 Å². The number of fused-ring (bicyclic) bond motifs is 2. The summed E-state index contributed by atoms with van der Waals surface area (Å²) in [6.45, 7) is 43.6. The van der Waals surface area contributed by atoms with Crippen LogP contribution in [-0.2, 0) is 98.1 Å². The van der Waals surface area contributed by atoms with Crippen LogP contribution in [0, 0.1) is 31.1 Å². The van der Waals surface area contributed by atoms with E-state index in [1.165, 1.54) is 45.0 Å². The molecule has 9 aromatic rings. The number of aliphatic hydroxyl groups is 1. The Kier molecular flexibility index (Phi) is 52.9. The number of aliphatic hydroxyl groups excluding tert-OH is 1. The number of carbonyl (C=O) groups excluding carboxylic acids is 5. The predicted octanol–water partition coefficient (Wildman–Crippen LogP) is 22.7. The fourth-order valence-electron chi connectivity index (χ4n) is 11.1. The molecule has 0 unspecified atom stereocenters. The number of ether oxygens (including phenoxy) is 3. The van der Waals surface area contributed by atoms with Crippen molar-refractivity contribution < 1.29 is 99.3 Å². The number of hydrogen-bond donors (Lipinski definition) is 4. The van der Waals surface area contributed by atoms with Gasteiger partial charge in [0.05, 0.1) is 67.8 Å². The van der Waals surface area contributed by atoms with Crippen molar-refractivity contribution in [3.8, 4) is 0 Å². The molecular weight excluding hydrogens is 1750 g/mol. The van der Waals surface area contributed by atoms with Crippen LogP contribution in [-0.4, -0.2) is 112 Å². The molecule has 0 aliphatic heterocycles. The molecule has 0 atom stereocenters. The van der Waals surface area contributed by atoms with E-state index < -0.39 is 19.5 Å². The number of nitrogens with two attached hydrogens (primary N) is 1. The first-order valence-corrected chi connectivity index (χ1v) is 43.1. The van der Waals surface area contributed by atoms with Crippen molar-refractivity contribution >= 4 is 91.3 Å².